The van der Waals surface area contributed by atoms with Gasteiger partial charge in [0.05, 0.1) is 19.1 Å². The SMILES string of the molecule is CCOC(=O)C1(CCC(C)C)CNC(=O)CCCN(C(=O)CC(C)C)CCNC(=O)COc2ccc(cc2OC)C1. The molecule has 0 aromatic heterocycles. The van der Waals surface area contributed by atoms with Gasteiger partial charge >= 0.3 is 5.97 Å². The Labute approximate surface area is 244 Å². The number of carbonyl (C=O) groups is 4. The minimum Gasteiger partial charge on any atom is -0.493 e. The number of carbonyl (C=O) groups excluding carboxylic acids is 4. The van der Waals surface area contributed by atoms with Crippen molar-refractivity contribution in [2.75, 3.05) is 46.5 Å². The molecule has 3 rings (SSSR count). The van der Waals surface area contributed by atoms with Gasteiger partial charge in [0.25, 0.3) is 5.91 Å². The molecule has 1 aromatic rings. The molecule has 0 radical (unpaired) electrons. The van der Waals surface area contributed by atoms with Gasteiger partial charge < -0.3 is 29.7 Å². The number of methoxy groups -OCH3 is 1. The molecule has 0 fully saturated rings. The lowest BCUT2D eigenvalue weighted by Crippen LogP contribution is -2.46. The Morgan fingerprint density at radius 3 is 2.49 bits per heavy atom. The molecule has 230 valence electrons. The lowest BCUT2D eigenvalue weighted by atomic mass is 9.76. The fourth-order valence-corrected chi connectivity index (χ4v) is 4.82. The Bertz CT molecular complexity index is 1030. The summed E-state index contributed by atoms with van der Waals surface area (Å²) in [6.45, 7) is 11.1. The summed E-state index contributed by atoms with van der Waals surface area (Å²) in [6.07, 6.45) is 2.68. The third-order valence-electron chi connectivity index (χ3n) is 7.13. The molecule has 2 bridgehead atoms. The first-order valence-corrected chi connectivity index (χ1v) is 14.8. The molecule has 2 aliphatic heterocycles. The van der Waals surface area contributed by atoms with Crippen molar-refractivity contribution in [3.8, 4) is 11.5 Å². The smallest absolute Gasteiger partial charge is 0.314 e. The molecule has 0 saturated heterocycles. The second-order valence-electron chi connectivity index (χ2n) is 11.6. The van der Waals surface area contributed by atoms with Gasteiger partial charge in [-0.1, -0.05) is 33.8 Å². The van der Waals surface area contributed by atoms with E-state index < -0.39 is 5.41 Å². The van der Waals surface area contributed by atoms with Gasteiger partial charge in [-0.25, -0.2) is 0 Å². The number of fused-ring (bicyclic) bond motifs is 16. The lowest BCUT2D eigenvalue weighted by molar-refractivity contribution is -0.156. The van der Waals surface area contributed by atoms with Crippen LogP contribution < -0.4 is 20.1 Å². The Hall–Kier alpha value is -3.30. The summed E-state index contributed by atoms with van der Waals surface area (Å²) < 4.78 is 16.8. The number of rotatable bonds is 8. The van der Waals surface area contributed by atoms with Gasteiger partial charge in [0.1, 0.15) is 0 Å². The molecule has 10 nitrogen and oxygen atoms in total. The van der Waals surface area contributed by atoms with Crippen LogP contribution in [0.5, 0.6) is 11.5 Å². The van der Waals surface area contributed by atoms with Gasteiger partial charge in [-0.3, -0.25) is 19.2 Å². The second-order valence-corrected chi connectivity index (χ2v) is 11.6. The molecule has 0 saturated carbocycles. The standard InChI is InChI=1S/C31H49N3O7/c1-7-40-30(38)31(13-12-22(2)3)19-24-10-11-25(26(18-24)39-6)41-20-28(36)32-14-16-34(29(37)17-23(4)5)15-8-9-27(35)33-21-31/h10-11,18,22-23H,7-9,12-17,19-21H2,1-6H3,(H,32,36)(H,33,35). The van der Waals surface area contributed by atoms with E-state index in [0.29, 0.717) is 56.2 Å². The van der Waals surface area contributed by atoms with E-state index in [1.807, 2.05) is 19.9 Å². The Kier molecular flexibility index (Phi) is 13.9. The van der Waals surface area contributed by atoms with Crippen LogP contribution in [0.1, 0.15) is 72.3 Å². The van der Waals surface area contributed by atoms with Crippen LogP contribution in [0.4, 0.5) is 0 Å². The summed E-state index contributed by atoms with van der Waals surface area (Å²) in [6, 6.07) is 5.36. The number of nitrogens with one attached hydrogen (secondary N) is 2. The highest BCUT2D eigenvalue weighted by molar-refractivity contribution is 5.81. The highest BCUT2D eigenvalue weighted by atomic mass is 16.5. The fraction of sp³-hybridized carbons (Fsp3) is 0.677. The van der Waals surface area contributed by atoms with Crippen molar-refractivity contribution in [3.05, 3.63) is 23.8 Å². The number of nitrogens with zero attached hydrogens (tertiary/aromatic N) is 1. The predicted molar refractivity (Wildman–Crippen MR) is 157 cm³/mol. The van der Waals surface area contributed by atoms with Gasteiger partial charge in [-0.2, -0.15) is 0 Å². The zero-order valence-electron chi connectivity index (χ0n) is 25.7. The largest absolute Gasteiger partial charge is 0.493 e. The van der Waals surface area contributed by atoms with E-state index in [1.165, 1.54) is 7.11 Å². The van der Waals surface area contributed by atoms with Crippen LogP contribution in [0.3, 0.4) is 0 Å². The summed E-state index contributed by atoms with van der Waals surface area (Å²) in [5, 5.41) is 5.80. The Morgan fingerprint density at radius 1 is 1.07 bits per heavy atom. The summed E-state index contributed by atoms with van der Waals surface area (Å²) >= 11 is 0. The maximum absolute atomic E-state index is 13.5. The van der Waals surface area contributed by atoms with Gasteiger partial charge in [-0.05, 0) is 62.1 Å². The molecule has 10 heteroatoms. The predicted octanol–water partition coefficient (Wildman–Crippen LogP) is 3.50. The van der Waals surface area contributed by atoms with Crippen molar-refractivity contribution in [2.45, 2.75) is 73.1 Å². The van der Waals surface area contributed by atoms with Crippen LogP contribution >= 0.6 is 0 Å². The number of esters is 1. The zero-order valence-corrected chi connectivity index (χ0v) is 25.7. The first-order chi connectivity index (χ1) is 19.5. The summed E-state index contributed by atoms with van der Waals surface area (Å²) in [5.74, 6) is 0.490. The van der Waals surface area contributed by atoms with Crippen LogP contribution in [0.2, 0.25) is 0 Å². The minimum atomic E-state index is -0.981. The van der Waals surface area contributed by atoms with Crippen molar-refractivity contribution in [3.63, 3.8) is 0 Å². The van der Waals surface area contributed by atoms with Crippen LogP contribution in [0.15, 0.2) is 18.2 Å². The molecular formula is C31H49N3O7. The lowest BCUT2D eigenvalue weighted by Gasteiger charge is -2.33. The molecule has 41 heavy (non-hydrogen) atoms. The summed E-state index contributed by atoms with van der Waals surface area (Å²) in [7, 11) is 1.52. The maximum atomic E-state index is 13.5. The van der Waals surface area contributed by atoms with Crippen LogP contribution in [-0.4, -0.2) is 75.1 Å². The molecule has 1 atom stereocenters. The highest BCUT2D eigenvalue weighted by Gasteiger charge is 2.40. The molecule has 2 heterocycles. The first-order valence-electron chi connectivity index (χ1n) is 14.8. The van der Waals surface area contributed by atoms with Crippen molar-refractivity contribution in [2.24, 2.45) is 17.3 Å². The number of amides is 3. The monoisotopic (exact) mass is 575 g/mol. The van der Waals surface area contributed by atoms with Gasteiger partial charge in [0.15, 0.2) is 18.1 Å². The molecule has 1 unspecified atom stereocenters. The topological polar surface area (TPSA) is 123 Å². The van der Waals surface area contributed by atoms with Crippen molar-refractivity contribution in [1.29, 1.82) is 0 Å². The van der Waals surface area contributed by atoms with Crippen molar-refractivity contribution >= 4 is 23.7 Å². The van der Waals surface area contributed by atoms with E-state index in [1.54, 1.807) is 24.0 Å². The van der Waals surface area contributed by atoms with Gasteiger partial charge in [0.2, 0.25) is 11.8 Å². The van der Waals surface area contributed by atoms with E-state index >= 15 is 0 Å². The Morgan fingerprint density at radius 2 is 1.83 bits per heavy atom. The zero-order chi connectivity index (χ0) is 30.4. The van der Waals surface area contributed by atoms with Crippen LogP contribution in [0.25, 0.3) is 0 Å². The molecule has 0 aliphatic carbocycles. The minimum absolute atomic E-state index is 0.0172. The molecular weight excluding hydrogens is 526 g/mol. The number of hydrogen-bond donors (Lipinski definition) is 2. The second kappa shape index (κ2) is 16.8. The third kappa shape index (κ3) is 11.2. The van der Waals surface area contributed by atoms with E-state index in [9.17, 15) is 19.2 Å². The van der Waals surface area contributed by atoms with E-state index in [4.69, 9.17) is 14.2 Å². The van der Waals surface area contributed by atoms with Crippen molar-refractivity contribution < 1.29 is 33.4 Å². The average molecular weight is 576 g/mol. The maximum Gasteiger partial charge on any atom is 0.314 e. The number of hydrogen-bond acceptors (Lipinski definition) is 7. The first kappa shape index (κ1) is 33.9. The summed E-state index contributed by atoms with van der Waals surface area (Å²) in [5.41, 5.74) is -0.160. The number of ether oxygens (including phenoxy) is 3. The quantitative estimate of drug-likeness (QED) is 0.359. The highest BCUT2D eigenvalue weighted by Crippen LogP contribution is 2.35. The fourth-order valence-electron chi connectivity index (χ4n) is 4.82. The van der Waals surface area contributed by atoms with Gasteiger partial charge in [0, 0.05) is 39.0 Å². The van der Waals surface area contributed by atoms with Gasteiger partial charge in [-0.15, -0.1) is 0 Å². The molecule has 2 N–H and O–H groups in total. The summed E-state index contributed by atoms with van der Waals surface area (Å²) in [4.78, 5) is 53.5. The molecule has 0 spiro atoms. The molecule has 3 amide bonds. The number of benzene rings is 1. The molecule has 1 aromatic carbocycles. The van der Waals surface area contributed by atoms with Crippen LogP contribution in [0, 0.1) is 17.3 Å². The molecule has 2 aliphatic rings. The van der Waals surface area contributed by atoms with Crippen LogP contribution in [-0.2, 0) is 30.3 Å². The Balaban J connectivity index is 2.41. The normalized spacial score (nSPS) is 19.5. The van der Waals surface area contributed by atoms with Crippen molar-refractivity contribution in [1.82, 2.24) is 15.5 Å². The average Bonchev–Trinajstić information content (AvgIpc) is 2.92. The van der Waals surface area contributed by atoms with E-state index in [0.717, 1.165) is 12.0 Å². The third-order valence-corrected chi connectivity index (χ3v) is 7.13. The van der Waals surface area contributed by atoms with E-state index in [2.05, 4.69) is 24.5 Å². The van der Waals surface area contributed by atoms with E-state index in [-0.39, 0.29) is 62.3 Å².